The molecule has 2 saturated heterocycles. The van der Waals surface area contributed by atoms with E-state index >= 15 is 0 Å². The molecule has 8 nitrogen and oxygen atoms in total. The fraction of sp³-hybridized carbons (Fsp3) is 0.435. The number of piperidine rings is 2. The van der Waals surface area contributed by atoms with Crippen LogP contribution in [-0.4, -0.2) is 55.0 Å². The van der Waals surface area contributed by atoms with Gasteiger partial charge in [0.1, 0.15) is 11.4 Å². The molecule has 1 saturated carbocycles. The fourth-order valence-corrected chi connectivity index (χ4v) is 4.84. The highest BCUT2D eigenvalue weighted by atomic mass is 16.5. The number of pyridine rings is 2. The first-order chi connectivity index (χ1) is 15.1. The van der Waals surface area contributed by atoms with E-state index in [1.165, 1.54) is 4.80 Å². The number of rotatable bonds is 5. The number of hydrogen-bond donors (Lipinski definition) is 0. The van der Waals surface area contributed by atoms with Gasteiger partial charge >= 0.3 is 0 Å². The summed E-state index contributed by atoms with van der Waals surface area (Å²) in [6.45, 7) is 5.27. The van der Waals surface area contributed by atoms with E-state index in [2.05, 4.69) is 20.2 Å². The van der Waals surface area contributed by atoms with Gasteiger partial charge in [-0.15, -0.1) is 4.80 Å². The van der Waals surface area contributed by atoms with E-state index in [9.17, 15) is 4.79 Å². The van der Waals surface area contributed by atoms with Crippen molar-refractivity contribution < 1.29 is 9.53 Å². The minimum Gasteiger partial charge on any atom is -0.491 e. The van der Waals surface area contributed by atoms with Gasteiger partial charge in [-0.05, 0) is 69.2 Å². The maximum Gasteiger partial charge on any atom is 0.275 e. The van der Waals surface area contributed by atoms with Crippen LogP contribution in [0.3, 0.4) is 0 Å². The Kier molecular flexibility index (Phi) is 5.13. The van der Waals surface area contributed by atoms with Crippen molar-refractivity contribution in [3.8, 4) is 11.4 Å². The van der Waals surface area contributed by atoms with Crippen molar-refractivity contribution in [1.29, 1.82) is 0 Å². The van der Waals surface area contributed by atoms with Gasteiger partial charge in [0.2, 0.25) is 0 Å². The largest absolute Gasteiger partial charge is 0.491 e. The molecule has 3 unspecified atom stereocenters. The number of hydrogen-bond acceptors (Lipinski definition) is 6. The van der Waals surface area contributed by atoms with E-state index < -0.39 is 0 Å². The minimum atomic E-state index is -0.0341. The van der Waals surface area contributed by atoms with E-state index in [1.807, 2.05) is 43.0 Å². The monoisotopic (exact) mass is 418 g/mol. The van der Waals surface area contributed by atoms with Crippen LogP contribution in [0.1, 0.15) is 41.1 Å². The first-order valence-corrected chi connectivity index (χ1v) is 10.8. The van der Waals surface area contributed by atoms with Gasteiger partial charge in [-0.25, -0.2) is 4.98 Å². The molecule has 6 rings (SSSR count). The van der Waals surface area contributed by atoms with Gasteiger partial charge < -0.3 is 9.64 Å². The summed E-state index contributed by atoms with van der Waals surface area (Å²) in [4.78, 5) is 25.9. The fourth-order valence-electron chi connectivity index (χ4n) is 4.84. The average molecular weight is 419 g/mol. The van der Waals surface area contributed by atoms with Crippen molar-refractivity contribution in [3.63, 3.8) is 0 Å². The molecule has 3 aromatic heterocycles. The predicted octanol–water partition coefficient (Wildman–Crippen LogP) is 2.99. The van der Waals surface area contributed by atoms with Crippen LogP contribution in [0, 0.1) is 25.7 Å². The summed E-state index contributed by atoms with van der Waals surface area (Å²) < 4.78 is 6.09. The zero-order valence-electron chi connectivity index (χ0n) is 17.8. The second-order valence-electron chi connectivity index (χ2n) is 8.48. The summed E-state index contributed by atoms with van der Waals surface area (Å²) >= 11 is 0. The molecule has 1 aliphatic carbocycles. The van der Waals surface area contributed by atoms with Crippen LogP contribution in [0.25, 0.3) is 5.69 Å². The lowest BCUT2D eigenvalue weighted by atomic mass is 9.72. The molecular formula is C23H26N6O2. The smallest absolute Gasteiger partial charge is 0.275 e. The summed E-state index contributed by atoms with van der Waals surface area (Å²) in [5.41, 5.74) is 2.75. The van der Waals surface area contributed by atoms with Crippen LogP contribution in [-0.2, 0) is 0 Å². The van der Waals surface area contributed by atoms with Crippen molar-refractivity contribution >= 4 is 5.91 Å². The van der Waals surface area contributed by atoms with Gasteiger partial charge in [-0.2, -0.15) is 10.2 Å². The molecule has 3 atom stereocenters. The molecule has 3 aromatic rings. The lowest BCUT2D eigenvalue weighted by molar-refractivity contribution is -0.00470. The molecule has 0 spiro atoms. The van der Waals surface area contributed by atoms with E-state index in [1.54, 1.807) is 18.6 Å². The molecule has 160 valence electrons. The van der Waals surface area contributed by atoms with Crippen LogP contribution in [0.2, 0.25) is 0 Å². The maximum absolute atomic E-state index is 13.5. The average Bonchev–Trinajstić information content (AvgIpc) is 3.33. The molecule has 8 heteroatoms. The number of carbonyl (C=O) groups excluding carboxylic acids is 1. The van der Waals surface area contributed by atoms with Crippen LogP contribution in [0.5, 0.6) is 5.75 Å². The number of fused-ring (bicyclic) bond motifs is 3. The van der Waals surface area contributed by atoms with Crippen molar-refractivity contribution in [2.75, 3.05) is 13.2 Å². The summed E-state index contributed by atoms with van der Waals surface area (Å²) in [5.74, 6) is 1.69. The Bertz CT molecular complexity index is 1080. The summed E-state index contributed by atoms with van der Waals surface area (Å²) in [7, 11) is 0. The van der Waals surface area contributed by atoms with Crippen LogP contribution in [0.15, 0.2) is 42.9 Å². The zero-order valence-corrected chi connectivity index (χ0v) is 17.8. The Hall–Kier alpha value is -3.29. The normalized spacial score (nSPS) is 22.5. The maximum atomic E-state index is 13.5. The van der Waals surface area contributed by atoms with Gasteiger partial charge in [0, 0.05) is 24.5 Å². The van der Waals surface area contributed by atoms with Crippen LogP contribution in [0.4, 0.5) is 0 Å². The molecule has 1 amide bonds. The molecule has 0 N–H and O–H groups in total. The SMILES string of the molecule is Cc1ccc(-n2nccn2)c(C(=O)N2CC3CCC2CC3COc2cccnc2C)n1. The van der Waals surface area contributed by atoms with Gasteiger partial charge in [0.15, 0.2) is 5.69 Å². The second kappa shape index (κ2) is 8.09. The Balaban J connectivity index is 1.32. The topological polar surface area (TPSA) is 86.0 Å². The number of carbonyl (C=O) groups is 1. The second-order valence-corrected chi connectivity index (χ2v) is 8.48. The first-order valence-electron chi connectivity index (χ1n) is 10.8. The Morgan fingerprint density at radius 2 is 1.97 bits per heavy atom. The molecule has 0 aromatic carbocycles. The van der Waals surface area contributed by atoms with Crippen molar-refractivity contribution in [2.45, 2.75) is 39.2 Å². The molecular weight excluding hydrogens is 392 g/mol. The third-order valence-corrected chi connectivity index (χ3v) is 6.51. The molecule has 3 fully saturated rings. The highest BCUT2D eigenvalue weighted by Crippen LogP contribution is 2.40. The summed E-state index contributed by atoms with van der Waals surface area (Å²) in [6, 6.07) is 7.82. The number of aryl methyl sites for hydroxylation is 2. The van der Waals surface area contributed by atoms with Gasteiger partial charge in [-0.1, -0.05) is 0 Å². The number of aromatic nitrogens is 5. The summed E-state index contributed by atoms with van der Waals surface area (Å²) in [6.07, 6.45) is 8.10. The number of ether oxygens (including phenoxy) is 1. The van der Waals surface area contributed by atoms with Gasteiger partial charge in [-0.3, -0.25) is 9.78 Å². The lowest BCUT2D eigenvalue weighted by Crippen LogP contribution is -2.55. The summed E-state index contributed by atoms with van der Waals surface area (Å²) in [5, 5.41) is 8.40. The lowest BCUT2D eigenvalue weighted by Gasteiger charge is -2.49. The van der Waals surface area contributed by atoms with Crippen molar-refractivity contribution in [3.05, 3.63) is 59.9 Å². The molecule has 2 aliphatic heterocycles. The molecule has 2 bridgehead atoms. The van der Waals surface area contributed by atoms with Crippen molar-refractivity contribution in [2.24, 2.45) is 11.8 Å². The van der Waals surface area contributed by atoms with E-state index in [0.717, 1.165) is 42.9 Å². The molecule has 5 heterocycles. The molecule has 3 aliphatic rings. The van der Waals surface area contributed by atoms with Gasteiger partial charge in [0.25, 0.3) is 5.91 Å². The Morgan fingerprint density at radius 1 is 1.13 bits per heavy atom. The highest BCUT2D eigenvalue weighted by Gasteiger charge is 2.43. The Morgan fingerprint density at radius 3 is 2.71 bits per heavy atom. The third kappa shape index (κ3) is 3.78. The predicted molar refractivity (Wildman–Crippen MR) is 114 cm³/mol. The Labute approximate surface area is 181 Å². The molecule has 0 radical (unpaired) electrons. The zero-order chi connectivity index (χ0) is 21.4. The van der Waals surface area contributed by atoms with Crippen LogP contribution >= 0.6 is 0 Å². The standard InChI is InChI=1S/C23H26N6O2/c1-15-5-8-20(29-25-10-11-26-29)22(27-15)23(30)28-13-17-6-7-19(28)12-18(17)14-31-21-4-3-9-24-16(21)2/h3-5,8-11,17-19H,6-7,12-14H2,1-2H3. The van der Waals surface area contributed by atoms with E-state index in [-0.39, 0.29) is 11.9 Å². The van der Waals surface area contributed by atoms with Crippen molar-refractivity contribution in [1.82, 2.24) is 29.9 Å². The highest BCUT2D eigenvalue weighted by molar-refractivity contribution is 5.96. The third-order valence-electron chi connectivity index (χ3n) is 6.51. The number of amides is 1. The first kappa shape index (κ1) is 19.7. The quantitative estimate of drug-likeness (QED) is 0.633. The van der Waals surface area contributed by atoms with Gasteiger partial charge in [0.05, 0.1) is 24.7 Å². The molecule has 31 heavy (non-hydrogen) atoms. The van der Waals surface area contributed by atoms with E-state index in [4.69, 9.17) is 4.74 Å². The number of nitrogens with zero attached hydrogens (tertiary/aromatic N) is 6. The van der Waals surface area contributed by atoms with E-state index in [0.29, 0.717) is 29.8 Å². The minimum absolute atomic E-state index is 0.0341. The van der Waals surface area contributed by atoms with Crippen LogP contribution < -0.4 is 4.74 Å².